The van der Waals surface area contributed by atoms with Crippen LogP contribution < -0.4 is 10.6 Å². The summed E-state index contributed by atoms with van der Waals surface area (Å²) in [5.74, 6) is 0.0596. The van der Waals surface area contributed by atoms with Crippen LogP contribution >= 0.6 is 11.8 Å². The number of hydrogen-bond donors (Lipinski definition) is 2. The number of anilines is 1. The van der Waals surface area contributed by atoms with Crippen molar-refractivity contribution in [2.24, 2.45) is 0 Å². The third-order valence-corrected chi connectivity index (χ3v) is 5.67. The molecule has 1 aromatic carbocycles. The van der Waals surface area contributed by atoms with Crippen molar-refractivity contribution in [3.8, 4) is 0 Å². The summed E-state index contributed by atoms with van der Waals surface area (Å²) in [5, 5.41) is 5.84. The molecule has 1 aliphatic heterocycles. The third kappa shape index (κ3) is 4.41. The summed E-state index contributed by atoms with van der Waals surface area (Å²) in [7, 11) is 0. The predicted octanol–water partition coefficient (Wildman–Crippen LogP) is 3.67. The molecule has 0 saturated carbocycles. The Morgan fingerprint density at radius 3 is 3.04 bits per heavy atom. The largest absolute Gasteiger partial charge is 0.355 e. The number of thioether (sulfide) groups is 1. The molecule has 0 radical (unpaired) electrons. The van der Waals surface area contributed by atoms with E-state index in [0.717, 1.165) is 22.6 Å². The lowest BCUT2D eigenvalue weighted by Gasteiger charge is -2.21. The molecule has 128 valence electrons. The highest BCUT2D eigenvalue weighted by atomic mass is 32.2. The Kier molecular flexibility index (Phi) is 5.61. The predicted molar refractivity (Wildman–Crippen MR) is 98.3 cm³/mol. The maximum absolute atomic E-state index is 12.1. The van der Waals surface area contributed by atoms with Crippen LogP contribution in [0.25, 0.3) is 0 Å². The van der Waals surface area contributed by atoms with E-state index < -0.39 is 0 Å². The summed E-state index contributed by atoms with van der Waals surface area (Å²) in [6, 6.07) is 5.88. The van der Waals surface area contributed by atoms with Gasteiger partial charge in [0.25, 0.3) is 0 Å². The lowest BCUT2D eigenvalue weighted by Crippen LogP contribution is -2.28. The van der Waals surface area contributed by atoms with Crippen molar-refractivity contribution in [1.29, 1.82) is 0 Å². The second-order valence-corrected chi connectivity index (χ2v) is 7.85. The van der Waals surface area contributed by atoms with E-state index in [1.54, 1.807) is 11.8 Å². The third-order valence-electron chi connectivity index (χ3n) is 4.49. The number of carbonyl (C=O) groups is 2. The number of nitrogens with one attached hydrogen (secondary N) is 2. The highest BCUT2D eigenvalue weighted by Crippen LogP contribution is 2.35. The van der Waals surface area contributed by atoms with Crippen LogP contribution in [0.4, 0.5) is 5.69 Å². The molecule has 1 atom stereocenters. The van der Waals surface area contributed by atoms with Gasteiger partial charge in [0.2, 0.25) is 11.8 Å². The fourth-order valence-electron chi connectivity index (χ4n) is 3.11. The molecule has 0 bridgehead atoms. The van der Waals surface area contributed by atoms with E-state index in [1.807, 2.05) is 25.1 Å². The molecule has 1 aliphatic carbocycles. The van der Waals surface area contributed by atoms with Crippen LogP contribution in [-0.4, -0.2) is 23.6 Å². The number of benzene rings is 1. The van der Waals surface area contributed by atoms with Crippen molar-refractivity contribution in [2.75, 3.05) is 11.9 Å². The molecule has 0 saturated heterocycles. The van der Waals surface area contributed by atoms with Gasteiger partial charge in [0.05, 0.1) is 17.4 Å². The lowest BCUT2D eigenvalue weighted by atomic mass is 9.97. The van der Waals surface area contributed by atoms with Gasteiger partial charge in [-0.1, -0.05) is 17.7 Å². The Bertz CT molecular complexity index is 669. The van der Waals surface area contributed by atoms with Gasteiger partial charge >= 0.3 is 0 Å². The first-order chi connectivity index (χ1) is 11.6. The Hall–Kier alpha value is -1.75. The average Bonchev–Trinajstić information content (AvgIpc) is 2.57. The second-order valence-electron chi connectivity index (χ2n) is 6.46. The molecule has 1 aromatic rings. The van der Waals surface area contributed by atoms with Crippen molar-refractivity contribution in [3.63, 3.8) is 0 Å². The molecule has 1 heterocycles. The summed E-state index contributed by atoms with van der Waals surface area (Å²) >= 11 is 1.56. The standard InChI is InChI=1S/C19H24N2O2S/c1-13-19(23)21-16-11-15(7-8-17(16)24-13)12-18(22)20-10-9-14-5-3-2-4-6-14/h5,7-8,11,13H,2-4,6,9-10,12H2,1H3,(H,20,22)(H,21,23). The van der Waals surface area contributed by atoms with E-state index in [9.17, 15) is 9.59 Å². The van der Waals surface area contributed by atoms with Gasteiger partial charge in [-0.05, 0) is 56.7 Å². The second kappa shape index (κ2) is 7.88. The molecule has 2 aliphatic rings. The minimum atomic E-state index is -0.0688. The molecular formula is C19H24N2O2S. The van der Waals surface area contributed by atoms with Crippen LogP contribution in [0.1, 0.15) is 44.6 Å². The first kappa shape index (κ1) is 17.1. The normalized spacial score (nSPS) is 20.0. The number of allylic oxidation sites excluding steroid dienone is 1. The summed E-state index contributed by atoms with van der Waals surface area (Å²) in [6.45, 7) is 2.60. The Morgan fingerprint density at radius 1 is 1.38 bits per heavy atom. The quantitative estimate of drug-likeness (QED) is 0.801. The number of fused-ring (bicyclic) bond motifs is 1. The van der Waals surface area contributed by atoms with Crippen LogP contribution in [0.2, 0.25) is 0 Å². The van der Waals surface area contributed by atoms with Crippen molar-refractivity contribution in [2.45, 2.75) is 55.6 Å². The van der Waals surface area contributed by atoms with Crippen LogP contribution in [0, 0.1) is 0 Å². The zero-order chi connectivity index (χ0) is 16.9. The van der Waals surface area contributed by atoms with Crippen molar-refractivity contribution >= 4 is 29.3 Å². The maximum atomic E-state index is 12.1. The zero-order valence-electron chi connectivity index (χ0n) is 14.1. The molecule has 1 unspecified atom stereocenters. The van der Waals surface area contributed by atoms with E-state index in [0.29, 0.717) is 13.0 Å². The minimum absolute atomic E-state index is 0.0230. The van der Waals surface area contributed by atoms with Gasteiger partial charge in [-0.3, -0.25) is 9.59 Å². The number of hydrogen-bond acceptors (Lipinski definition) is 3. The number of carbonyl (C=O) groups excluding carboxylic acids is 2. The molecule has 4 nitrogen and oxygen atoms in total. The van der Waals surface area contributed by atoms with E-state index in [2.05, 4.69) is 16.7 Å². The van der Waals surface area contributed by atoms with Crippen molar-refractivity contribution < 1.29 is 9.59 Å². The SMILES string of the molecule is CC1Sc2ccc(CC(=O)NCCC3=CCCCC3)cc2NC1=O. The Morgan fingerprint density at radius 2 is 2.25 bits per heavy atom. The Balaban J connectivity index is 1.50. The van der Waals surface area contributed by atoms with Gasteiger partial charge in [-0.15, -0.1) is 11.8 Å². The van der Waals surface area contributed by atoms with Crippen LogP contribution in [-0.2, 0) is 16.0 Å². The van der Waals surface area contributed by atoms with Crippen molar-refractivity contribution in [1.82, 2.24) is 5.32 Å². The molecule has 2 N–H and O–H groups in total. The smallest absolute Gasteiger partial charge is 0.237 e. The summed E-state index contributed by atoms with van der Waals surface area (Å²) < 4.78 is 0. The number of amides is 2. The zero-order valence-corrected chi connectivity index (χ0v) is 14.9. The molecule has 0 spiro atoms. The minimum Gasteiger partial charge on any atom is -0.355 e. The molecule has 3 rings (SSSR count). The summed E-state index contributed by atoms with van der Waals surface area (Å²) in [5.41, 5.74) is 3.23. The number of rotatable bonds is 5. The molecular weight excluding hydrogens is 320 g/mol. The maximum Gasteiger partial charge on any atom is 0.237 e. The first-order valence-corrected chi connectivity index (χ1v) is 9.55. The topological polar surface area (TPSA) is 58.2 Å². The molecule has 24 heavy (non-hydrogen) atoms. The monoisotopic (exact) mass is 344 g/mol. The van der Waals surface area contributed by atoms with Gasteiger partial charge in [0, 0.05) is 11.4 Å². The van der Waals surface area contributed by atoms with E-state index in [4.69, 9.17) is 0 Å². The average molecular weight is 344 g/mol. The molecule has 0 aromatic heterocycles. The van der Waals surface area contributed by atoms with Crippen LogP contribution in [0.5, 0.6) is 0 Å². The fourth-order valence-corrected chi connectivity index (χ4v) is 4.04. The van der Waals surface area contributed by atoms with E-state index >= 15 is 0 Å². The highest BCUT2D eigenvalue weighted by Gasteiger charge is 2.23. The van der Waals surface area contributed by atoms with Gasteiger partial charge < -0.3 is 10.6 Å². The van der Waals surface area contributed by atoms with Crippen LogP contribution in [0.15, 0.2) is 34.7 Å². The van der Waals surface area contributed by atoms with Gasteiger partial charge in [-0.2, -0.15) is 0 Å². The highest BCUT2D eigenvalue weighted by molar-refractivity contribution is 8.00. The van der Waals surface area contributed by atoms with E-state index in [-0.39, 0.29) is 17.1 Å². The lowest BCUT2D eigenvalue weighted by molar-refractivity contribution is -0.120. The van der Waals surface area contributed by atoms with Gasteiger partial charge in [-0.25, -0.2) is 0 Å². The van der Waals surface area contributed by atoms with Crippen molar-refractivity contribution in [3.05, 3.63) is 35.4 Å². The molecule has 2 amide bonds. The van der Waals surface area contributed by atoms with Gasteiger partial charge in [0.15, 0.2) is 0 Å². The molecule has 0 fully saturated rings. The first-order valence-electron chi connectivity index (χ1n) is 8.67. The summed E-state index contributed by atoms with van der Waals surface area (Å²) in [4.78, 5) is 24.9. The van der Waals surface area contributed by atoms with Gasteiger partial charge in [0.1, 0.15) is 0 Å². The van der Waals surface area contributed by atoms with Crippen LogP contribution in [0.3, 0.4) is 0 Å². The Labute approximate surface area is 147 Å². The molecule has 5 heteroatoms. The summed E-state index contributed by atoms with van der Waals surface area (Å²) in [6.07, 6.45) is 8.56. The fraction of sp³-hybridized carbons (Fsp3) is 0.474. The van der Waals surface area contributed by atoms with E-state index in [1.165, 1.54) is 31.3 Å².